The van der Waals surface area contributed by atoms with Gasteiger partial charge in [-0.3, -0.25) is 14.4 Å². The summed E-state index contributed by atoms with van der Waals surface area (Å²) in [5.41, 5.74) is 1.75. The van der Waals surface area contributed by atoms with Crippen molar-refractivity contribution in [1.29, 1.82) is 0 Å². The molecule has 0 radical (unpaired) electrons. The first kappa shape index (κ1) is 26.8. The number of benzene rings is 1. The molecule has 9 heteroatoms. The summed E-state index contributed by atoms with van der Waals surface area (Å²) in [5.74, 6) is -1.62. The quantitative estimate of drug-likeness (QED) is 0.442. The number of nitrogens with one attached hydrogen (secondary N) is 2. The van der Waals surface area contributed by atoms with Crippen LogP contribution in [-0.2, 0) is 14.4 Å². The fraction of sp³-hybridized carbons (Fsp3) is 0.667. The number of amides is 3. The molecule has 3 amide bonds. The first-order chi connectivity index (χ1) is 17.2. The van der Waals surface area contributed by atoms with E-state index in [2.05, 4.69) is 36.3 Å². The lowest BCUT2D eigenvalue weighted by Gasteiger charge is -2.36. The van der Waals surface area contributed by atoms with Gasteiger partial charge in [0, 0.05) is 35.8 Å². The molecule has 0 aliphatic carbocycles. The maximum Gasteiger partial charge on any atom is 0.248 e. The molecule has 36 heavy (non-hydrogen) atoms. The number of carbonyl (C=O) groups excluding carboxylic acids is 3. The molecular weight excluding hydrogens is 476 g/mol. The molecule has 0 saturated carbocycles. The van der Waals surface area contributed by atoms with Crippen LogP contribution >= 0.6 is 11.8 Å². The van der Waals surface area contributed by atoms with E-state index in [4.69, 9.17) is 0 Å². The van der Waals surface area contributed by atoms with Crippen molar-refractivity contribution >= 4 is 40.9 Å². The Labute approximate surface area is 218 Å². The second-order valence-electron chi connectivity index (χ2n) is 10.5. The molecule has 3 fully saturated rings. The fourth-order valence-electron chi connectivity index (χ4n) is 6.54. The van der Waals surface area contributed by atoms with E-state index in [1.807, 2.05) is 31.2 Å². The number of hydrogen-bond donors (Lipinski definition) is 3. The minimum absolute atomic E-state index is 0.101. The summed E-state index contributed by atoms with van der Waals surface area (Å²) in [5, 5.41) is 16.0. The molecule has 3 heterocycles. The Bertz CT molecular complexity index is 1000. The van der Waals surface area contributed by atoms with Crippen LogP contribution in [0.1, 0.15) is 53.9 Å². The van der Waals surface area contributed by atoms with Gasteiger partial charge in [0.2, 0.25) is 17.7 Å². The highest BCUT2D eigenvalue weighted by molar-refractivity contribution is 8.02. The Hall–Kier alpha value is -2.26. The molecule has 3 saturated heterocycles. The lowest BCUT2D eigenvalue weighted by atomic mass is 9.66. The maximum atomic E-state index is 13.9. The predicted molar refractivity (Wildman–Crippen MR) is 144 cm³/mol. The van der Waals surface area contributed by atoms with Crippen molar-refractivity contribution in [3.05, 3.63) is 24.3 Å². The van der Waals surface area contributed by atoms with Crippen LogP contribution < -0.4 is 15.5 Å². The van der Waals surface area contributed by atoms with Gasteiger partial charge >= 0.3 is 0 Å². The van der Waals surface area contributed by atoms with Crippen molar-refractivity contribution < 1.29 is 19.5 Å². The van der Waals surface area contributed by atoms with Gasteiger partial charge in [0.25, 0.3) is 0 Å². The molecule has 3 N–H and O–H groups in total. The Morgan fingerprint density at radius 3 is 2.42 bits per heavy atom. The number of fused-ring (bicyclic) bond motifs is 1. The molecule has 1 aromatic rings. The monoisotopic (exact) mass is 516 g/mol. The second-order valence-corrected chi connectivity index (χ2v) is 12.4. The van der Waals surface area contributed by atoms with Crippen LogP contribution in [0.15, 0.2) is 24.3 Å². The summed E-state index contributed by atoms with van der Waals surface area (Å²) in [7, 11) is 0. The summed E-state index contributed by atoms with van der Waals surface area (Å²) in [4.78, 5) is 44.9. The Morgan fingerprint density at radius 2 is 1.83 bits per heavy atom. The third-order valence-corrected chi connectivity index (χ3v) is 10.3. The van der Waals surface area contributed by atoms with Gasteiger partial charge in [-0.05, 0) is 71.2 Å². The summed E-state index contributed by atoms with van der Waals surface area (Å²) < 4.78 is -1.08. The third-order valence-electron chi connectivity index (χ3n) is 8.30. The van der Waals surface area contributed by atoms with Gasteiger partial charge in [-0.15, -0.1) is 11.8 Å². The van der Waals surface area contributed by atoms with E-state index in [0.717, 1.165) is 31.6 Å². The van der Waals surface area contributed by atoms with Crippen LogP contribution in [0, 0.1) is 11.8 Å². The number of aliphatic hydroxyl groups is 1. The van der Waals surface area contributed by atoms with Crippen molar-refractivity contribution in [3.8, 4) is 0 Å². The van der Waals surface area contributed by atoms with Crippen molar-refractivity contribution in [2.45, 2.75) is 75.5 Å². The van der Waals surface area contributed by atoms with Crippen LogP contribution in [0.5, 0.6) is 0 Å². The normalized spacial score (nSPS) is 31.3. The van der Waals surface area contributed by atoms with Gasteiger partial charge in [-0.1, -0.05) is 6.92 Å². The maximum absolute atomic E-state index is 13.9. The Balaban J connectivity index is 1.66. The topological polar surface area (TPSA) is 102 Å². The largest absolute Gasteiger partial charge is 0.394 e. The SMILES string of the molecule is CCCNC(=O)[C@H]1[C@H]2C(=O)N([C@H](C)CO)C(C(=O)Nc3ccc(N(CC)CC)cc3)C23CC[C@]1(C)S3. The van der Waals surface area contributed by atoms with E-state index in [9.17, 15) is 19.5 Å². The number of carbonyl (C=O) groups is 3. The highest BCUT2D eigenvalue weighted by Gasteiger charge is 2.77. The summed E-state index contributed by atoms with van der Waals surface area (Å²) >= 11 is 1.64. The zero-order valence-electron chi connectivity index (χ0n) is 22.0. The Kier molecular flexibility index (Phi) is 7.62. The minimum atomic E-state index is -0.754. The Morgan fingerprint density at radius 1 is 1.17 bits per heavy atom. The second kappa shape index (κ2) is 10.2. The van der Waals surface area contributed by atoms with Gasteiger partial charge in [-0.2, -0.15) is 0 Å². The van der Waals surface area contributed by atoms with E-state index in [-0.39, 0.29) is 24.3 Å². The molecule has 1 spiro atoms. The van der Waals surface area contributed by atoms with E-state index < -0.39 is 33.4 Å². The average Bonchev–Trinajstić information content (AvgIpc) is 3.44. The van der Waals surface area contributed by atoms with Crippen molar-refractivity contribution in [1.82, 2.24) is 10.2 Å². The van der Waals surface area contributed by atoms with Crippen LogP contribution in [0.2, 0.25) is 0 Å². The highest BCUT2D eigenvalue weighted by Crippen LogP contribution is 2.71. The number of aliphatic hydroxyl groups excluding tert-OH is 1. The lowest BCUT2D eigenvalue weighted by molar-refractivity contribution is -0.142. The predicted octanol–water partition coefficient (Wildman–Crippen LogP) is 2.86. The standard InChI is InChI=1S/C27H40N4O4S/c1-6-15-28-23(33)20-21-25(35)31(17(4)16-32)22(27(21)14-13-26(20,5)36-27)24(34)29-18-9-11-19(12-10-18)30(7-2)8-3/h9-12,17,20-22,32H,6-8,13-16H2,1-5H3,(H,28,33)(H,29,34)/t17-,20-,21+,22?,26+,27?/m1/s1. The number of likely N-dealkylation sites (tertiary alicyclic amines) is 1. The first-order valence-corrected chi connectivity index (χ1v) is 14.1. The van der Waals surface area contributed by atoms with Gasteiger partial charge in [-0.25, -0.2) is 0 Å². The molecule has 2 unspecified atom stereocenters. The van der Waals surface area contributed by atoms with Crippen molar-refractivity contribution in [2.75, 3.05) is 36.5 Å². The number of nitrogens with zero attached hydrogens (tertiary/aromatic N) is 2. The van der Waals surface area contributed by atoms with Gasteiger partial charge < -0.3 is 25.5 Å². The van der Waals surface area contributed by atoms with Gasteiger partial charge in [0.15, 0.2) is 0 Å². The van der Waals surface area contributed by atoms with E-state index in [1.54, 1.807) is 23.6 Å². The molecule has 6 atom stereocenters. The molecule has 1 aromatic carbocycles. The van der Waals surface area contributed by atoms with Crippen LogP contribution in [0.25, 0.3) is 0 Å². The first-order valence-electron chi connectivity index (χ1n) is 13.2. The molecular formula is C27H40N4O4S. The summed E-state index contributed by atoms with van der Waals surface area (Å²) in [6.45, 7) is 12.1. The average molecular weight is 517 g/mol. The summed E-state index contributed by atoms with van der Waals surface area (Å²) in [6.07, 6.45) is 2.28. The zero-order chi connectivity index (χ0) is 26.3. The number of rotatable bonds is 10. The minimum Gasteiger partial charge on any atom is -0.394 e. The van der Waals surface area contributed by atoms with Crippen LogP contribution in [-0.4, -0.2) is 75.5 Å². The molecule has 3 aliphatic heterocycles. The zero-order valence-corrected chi connectivity index (χ0v) is 22.9. The number of anilines is 2. The molecule has 2 bridgehead atoms. The highest BCUT2D eigenvalue weighted by atomic mass is 32.2. The molecule has 3 aliphatic rings. The van der Waals surface area contributed by atoms with E-state index in [1.165, 1.54) is 0 Å². The molecule has 198 valence electrons. The van der Waals surface area contributed by atoms with Crippen molar-refractivity contribution in [2.24, 2.45) is 11.8 Å². The van der Waals surface area contributed by atoms with Crippen LogP contribution in [0.4, 0.5) is 11.4 Å². The summed E-state index contributed by atoms with van der Waals surface area (Å²) in [6, 6.07) is 6.48. The molecule has 0 aromatic heterocycles. The van der Waals surface area contributed by atoms with E-state index in [0.29, 0.717) is 18.7 Å². The van der Waals surface area contributed by atoms with Crippen LogP contribution in [0.3, 0.4) is 0 Å². The van der Waals surface area contributed by atoms with Crippen molar-refractivity contribution in [3.63, 3.8) is 0 Å². The fourth-order valence-corrected chi connectivity index (χ4v) is 8.88. The smallest absolute Gasteiger partial charge is 0.248 e. The number of thioether (sulfide) groups is 1. The third kappa shape index (κ3) is 4.18. The van der Waals surface area contributed by atoms with Gasteiger partial charge in [0.1, 0.15) is 6.04 Å². The molecule has 4 rings (SSSR count). The van der Waals surface area contributed by atoms with E-state index >= 15 is 0 Å². The van der Waals surface area contributed by atoms with Gasteiger partial charge in [0.05, 0.1) is 29.2 Å². The lowest BCUT2D eigenvalue weighted by Crippen LogP contribution is -2.54. The molecule has 8 nitrogen and oxygen atoms in total. The number of hydrogen-bond acceptors (Lipinski definition) is 6.